The molecule has 1 heterocycles. The van der Waals surface area contributed by atoms with Gasteiger partial charge in [0, 0.05) is 6.20 Å². The van der Waals surface area contributed by atoms with E-state index in [-0.39, 0.29) is 12.2 Å². The van der Waals surface area contributed by atoms with Crippen LogP contribution >= 0.6 is 0 Å². The fourth-order valence-corrected chi connectivity index (χ4v) is 0.969. The standard InChI is InChI=1S/C8H8N2O5/c1-2-15-8(12)5-3-9-4-6(7(5)11)10(13)14/h3-4H,2H2,1H3,(H,9,11). The molecule has 0 atom stereocenters. The summed E-state index contributed by atoms with van der Waals surface area (Å²) >= 11 is 0. The SMILES string of the molecule is CCOC(=O)c1c[nH]cc([N+](=O)[O-])c1=O. The molecule has 0 amide bonds. The summed E-state index contributed by atoms with van der Waals surface area (Å²) in [4.78, 5) is 34.4. The fraction of sp³-hybridized carbons (Fsp3) is 0.250. The second kappa shape index (κ2) is 4.36. The Bertz CT molecular complexity index is 451. The molecule has 0 unspecified atom stereocenters. The van der Waals surface area contributed by atoms with E-state index in [4.69, 9.17) is 0 Å². The molecule has 0 bridgehead atoms. The molecule has 1 aromatic heterocycles. The minimum atomic E-state index is -0.947. The van der Waals surface area contributed by atoms with Crippen molar-refractivity contribution < 1.29 is 14.5 Å². The van der Waals surface area contributed by atoms with Crippen LogP contribution < -0.4 is 5.43 Å². The Morgan fingerprint density at radius 3 is 2.80 bits per heavy atom. The van der Waals surface area contributed by atoms with Gasteiger partial charge in [0.1, 0.15) is 5.56 Å². The van der Waals surface area contributed by atoms with Crippen LogP contribution in [0.5, 0.6) is 0 Å². The molecule has 0 aliphatic carbocycles. The molecule has 0 aliphatic rings. The first-order chi connectivity index (χ1) is 7.07. The maximum absolute atomic E-state index is 11.4. The van der Waals surface area contributed by atoms with E-state index in [2.05, 4.69) is 9.72 Å². The van der Waals surface area contributed by atoms with Crippen molar-refractivity contribution in [3.8, 4) is 0 Å². The number of nitrogens with one attached hydrogen (secondary N) is 1. The van der Waals surface area contributed by atoms with Gasteiger partial charge in [0.2, 0.25) is 0 Å². The van der Waals surface area contributed by atoms with Crippen LogP contribution in [0.3, 0.4) is 0 Å². The molecule has 1 aromatic rings. The summed E-state index contributed by atoms with van der Waals surface area (Å²) in [6.07, 6.45) is 2.00. The molecule has 0 aromatic carbocycles. The van der Waals surface area contributed by atoms with Crippen LogP contribution in [0.1, 0.15) is 17.3 Å². The van der Waals surface area contributed by atoms with Crippen molar-refractivity contribution >= 4 is 11.7 Å². The highest BCUT2D eigenvalue weighted by atomic mass is 16.6. The van der Waals surface area contributed by atoms with Crippen molar-refractivity contribution in [1.29, 1.82) is 0 Å². The Balaban J connectivity index is 3.21. The first-order valence-corrected chi connectivity index (χ1v) is 4.10. The maximum atomic E-state index is 11.4. The third kappa shape index (κ3) is 2.19. The van der Waals surface area contributed by atoms with Gasteiger partial charge >= 0.3 is 11.7 Å². The number of H-pyrrole nitrogens is 1. The van der Waals surface area contributed by atoms with Crippen LogP contribution in [0.25, 0.3) is 0 Å². The normalized spacial score (nSPS) is 9.67. The van der Waals surface area contributed by atoms with E-state index in [9.17, 15) is 19.7 Å². The monoisotopic (exact) mass is 212 g/mol. The van der Waals surface area contributed by atoms with Gasteiger partial charge < -0.3 is 9.72 Å². The number of carbonyl (C=O) groups is 1. The number of aromatic amines is 1. The molecule has 15 heavy (non-hydrogen) atoms. The van der Waals surface area contributed by atoms with E-state index < -0.39 is 22.0 Å². The second-order valence-corrected chi connectivity index (χ2v) is 2.56. The highest BCUT2D eigenvalue weighted by Crippen LogP contribution is 2.03. The number of esters is 1. The summed E-state index contributed by atoms with van der Waals surface area (Å²) in [5.74, 6) is -0.873. The number of rotatable bonds is 3. The summed E-state index contributed by atoms with van der Waals surface area (Å²) in [6, 6.07) is 0. The van der Waals surface area contributed by atoms with Crippen LogP contribution in [0.4, 0.5) is 5.69 Å². The summed E-state index contributed by atoms with van der Waals surface area (Å²) in [7, 11) is 0. The Hall–Kier alpha value is -2.18. The molecule has 0 saturated carbocycles. The molecule has 0 radical (unpaired) electrons. The van der Waals surface area contributed by atoms with Gasteiger partial charge in [0.25, 0.3) is 5.43 Å². The molecule has 0 saturated heterocycles. The van der Waals surface area contributed by atoms with E-state index in [1.54, 1.807) is 6.92 Å². The maximum Gasteiger partial charge on any atom is 0.343 e. The third-order valence-electron chi connectivity index (χ3n) is 1.62. The molecule has 0 aliphatic heterocycles. The molecule has 80 valence electrons. The largest absolute Gasteiger partial charge is 0.462 e. The second-order valence-electron chi connectivity index (χ2n) is 2.56. The molecule has 0 spiro atoms. The van der Waals surface area contributed by atoms with Crippen LogP contribution in [0.2, 0.25) is 0 Å². The number of carbonyl (C=O) groups excluding carboxylic acids is 1. The molecular weight excluding hydrogens is 204 g/mol. The summed E-state index contributed by atoms with van der Waals surface area (Å²) in [5, 5.41) is 10.4. The summed E-state index contributed by atoms with van der Waals surface area (Å²) < 4.78 is 4.56. The minimum Gasteiger partial charge on any atom is -0.462 e. The van der Waals surface area contributed by atoms with E-state index in [1.807, 2.05) is 0 Å². The van der Waals surface area contributed by atoms with E-state index in [1.165, 1.54) is 0 Å². The zero-order valence-electron chi connectivity index (χ0n) is 7.85. The number of ether oxygens (including phenoxy) is 1. The van der Waals surface area contributed by atoms with Gasteiger partial charge in [0.05, 0.1) is 17.7 Å². The van der Waals surface area contributed by atoms with Gasteiger partial charge in [0.15, 0.2) is 0 Å². The number of hydrogen-bond acceptors (Lipinski definition) is 5. The molecular formula is C8H8N2O5. The highest BCUT2D eigenvalue weighted by molar-refractivity contribution is 5.89. The number of aromatic nitrogens is 1. The number of nitrogens with zero attached hydrogens (tertiary/aromatic N) is 1. The average Bonchev–Trinajstić information content (AvgIpc) is 2.17. The fourth-order valence-electron chi connectivity index (χ4n) is 0.969. The topological polar surface area (TPSA) is 102 Å². The Kier molecular flexibility index (Phi) is 3.17. The summed E-state index contributed by atoms with van der Waals surface area (Å²) in [5.41, 5.74) is -2.00. The van der Waals surface area contributed by atoms with Crippen LogP contribution in [-0.4, -0.2) is 22.5 Å². The van der Waals surface area contributed by atoms with Crippen molar-refractivity contribution in [3.05, 3.63) is 38.3 Å². The van der Waals surface area contributed by atoms with Crippen LogP contribution in [-0.2, 0) is 4.74 Å². The van der Waals surface area contributed by atoms with Crippen LogP contribution in [0.15, 0.2) is 17.2 Å². The highest BCUT2D eigenvalue weighted by Gasteiger charge is 2.20. The quantitative estimate of drug-likeness (QED) is 0.445. The van der Waals surface area contributed by atoms with Gasteiger partial charge in [-0.05, 0) is 6.92 Å². The lowest BCUT2D eigenvalue weighted by molar-refractivity contribution is -0.386. The molecule has 1 rings (SSSR count). The van der Waals surface area contributed by atoms with Crippen LogP contribution in [0, 0.1) is 10.1 Å². The smallest absolute Gasteiger partial charge is 0.343 e. The van der Waals surface area contributed by atoms with Gasteiger partial charge in [-0.15, -0.1) is 0 Å². The number of pyridine rings is 1. The first kappa shape index (κ1) is 10.9. The average molecular weight is 212 g/mol. The number of nitro groups is 1. The minimum absolute atomic E-state index is 0.0982. The van der Waals surface area contributed by atoms with E-state index in [0.29, 0.717) is 0 Å². The Labute approximate surface area is 83.8 Å². The van der Waals surface area contributed by atoms with Crippen molar-refractivity contribution in [2.45, 2.75) is 6.92 Å². The predicted molar refractivity (Wildman–Crippen MR) is 49.7 cm³/mol. The van der Waals surface area contributed by atoms with Gasteiger partial charge in [-0.25, -0.2) is 4.79 Å². The van der Waals surface area contributed by atoms with E-state index >= 15 is 0 Å². The van der Waals surface area contributed by atoms with Gasteiger partial charge in [-0.1, -0.05) is 0 Å². The van der Waals surface area contributed by atoms with Crippen molar-refractivity contribution in [2.75, 3.05) is 6.61 Å². The molecule has 7 heteroatoms. The van der Waals surface area contributed by atoms with E-state index in [0.717, 1.165) is 12.4 Å². The lowest BCUT2D eigenvalue weighted by atomic mass is 10.2. The van der Waals surface area contributed by atoms with Gasteiger partial charge in [-0.2, -0.15) is 0 Å². The predicted octanol–water partition coefficient (Wildman–Crippen LogP) is 0.460. The van der Waals surface area contributed by atoms with Crippen molar-refractivity contribution in [2.24, 2.45) is 0 Å². The lowest BCUT2D eigenvalue weighted by Crippen LogP contribution is -2.20. The molecule has 0 fully saturated rings. The molecule has 7 nitrogen and oxygen atoms in total. The molecule has 1 N–H and O–H groups in total. The van der Waals surface area contributed by atoms with Gasteiger partial charge in [-0.3, -0.25) is 14.9 Å². The van der Waals surface area contributed by atoms with Crippen molar-refractivity contribution in [3.63, 3.8) is 0 Å². The Morgan fingerprint density at radius 1 is 1.60 bits per heavy atom. The lowest BCUT2D eigenvalue weighted by Gasteiger charge is -1.99. The summed E-state index contributed by atoms with van der Waals surface area (Å²) in [6.45, 7) is 1.67. The zero-order valence-corrected chi connectivity index (χ0v) is 7.85. The Morgan fingerprint density at radius 2 is 2.27 bits per heavy atom. The van der Waals surface area contributed by atoms with Crippen molar-refractivity contribution in [1.82, 2.24) is 4.98 Å². The first-order valence-electron chi connectivity index (χ1n) is 4.10. The number of hydrogen-bond donors (Lipinski definition) is 1. The third-order valence-corrected chi connectivity index (χ3v) is 1.62. The zero-order chi connectivity index (χ0) is 11.4.